The molecule has 2 fully saturated rings. The van der Waals surface area contributed by atoms with E-state index >= 15 is 0 Å². The zero-order valence-corrected chi connectivity index (χ0v) is 18.5. The van der Waals surface area contributed by atoms with Gasteiger partial charge in [0.25, 0.3) is 0 Å². The number of hydrogen-bond donors (Lipinski definition) is 0. The van der Waals surface area contributed by atoms with Crippen molar-refractivity contribution in [1.29, 1.82) is 0 Å². The van der Waals surface area contributed by atoms with Crippen molar-refractivity contribution in [3.8, 4) is 0 Å². The van der Waals surface area contributed by atoms with E-state index in [1.807, 2.05) is 53.6 Å². The summed E-state index contributed by atoms with van der Waals surface area (Å²) in [5, 5.41) is 0. The van der Waals surface area contributed by atoms with Crippen molar-refractivity contribution in [2.24, 2.45) is 11.3 Å². The zero-order valence-electron chi connectivity index (χ0n) is 18.5. The second-order valence-electron chi connectivity index (χ2n) is 9.39. The third-order valence-electron chi connectivity index (χ3n) is 6.96. The van der Waals surface area contributed by atoms with Gasteiger partial charge in [-0.2, -0.15) is 0 Å². The first-order chi connectivity index (χ1) is 15.0. The number of rotatable bonds is 5. The average molecular weight is 420 g/mol. The maximum Gasteiger partial charge on any atom is 0.228 e. The highest BCUT2D eigenvalue weighted by atomic mass is 16.2. The Hall–Kier alpha value is -2.69. The van der Waals surface area contributed by atoms with Crippen molar-refractivity contribution in [2.75, 3.05) is 26.2 Å². The third kappa shape index (κ3) is 5.33. The molecule has 0 spiro atoms. The highest BCUT2D eigenvalue weighted by Gasteiger charge is 2.41. The van der Waals surface area contributed by atoms with Gasteiger partial charge in [-0.25, -0.2) is 0 Å². The third-order valence-corrected chi connectivity index (χ3v) is 6.96. The van der Waals surface area contributed by atoms with Crippen LogP contribution in [0.4, 0.5) is 0 Å². The summed E-state index contributed by atoms with van der Waals surface area (Å²) in [5.74, 6) is 0.909. The Morgan fingerprint density at radius 3 is 2.45 bits per heavy atom. The number of piperidine rings is 2. The number of carbonyl (C=O) groups is 2. The summed E-state index contributed by atoms with van der Waals surface area (Å²) in [6, 6.07) is 15.9. The van der Waals surface area contributed by atoms with Gasteiger partial charge >= 0.3 is 0 Å². The normalized spacial score (nSPS) is 21.0. The van der Waals surface area contributed by atoms with Gasteiger partial charge in [-0.1, -0.05) is 43.3 Å². The Bertz CT molecular complexity index is 876. The van der Waals surface area contributed by atoms with Crippen LogP contribution in [0.2, 0.25) is 0 Å². The van der Waals surface area contributed by atoms with Gasteiger partial charge in [0.2, 0.25) is 11.8 Å². The molecule has 1 atom stereocenters. The predicted molar refractivity (Wildman–Crippen MR) is 121 cm³/mol. The highest BCUT2D eigenvalue weighted by molar-refractivity contribution is 5.83. The summed E-state index contributed by atoms with van der Waals surface area (Å²) in [5.41, 5.74) is 1.79. The van der Waals surface area contributed by atoms with Crippen LogP contribution in [-0.4, -0.2) is 52.8 Å². The first-order valence-corrected chi connectivity index (χ1v) is 11.5. The van der Waals surface area contributed by atoms with Crippen LogP contribution in [0.5, 0.6) is 0 Å². The molecule has 2 aromatic rings. The lowest BCUT2D eigenvalue weighted by Crippen LogP contribution is -2.52. The number of amides is 2. The van der Waals surface area contributed by atoms with E-state index in [1.165, 1.54) is 0 Å². The van der Waals surface area contributed by atoms with E-state index in [2.05, 4.69) is 22.9 Å². The number of pyridine rings is 1. The van der Waals surface area contributed by atoms with Crippen molar-refractivity contribution in [2.45, 2.75) is 45.4 Å². The lowest BCUT2D eigenvalue weighted by Gasteiger charge is -2.43. The second-order valence-corrected chi connectivity index (χ2v) is 9.39. The summed E-state index contributed by atoms with van der Waals surface area (Å²) in [6.07, 6.45) is 6.91. The Kier molecular flexibility index (Phi) is 6.69. The van der Waals surface area contributed by atoms with Crippen molar-refractivity contribution < 1.29 is 9.59 Å². The van der Waals surface area contributed by atoms with Crippen molar-refractivity contribution >= 4 is 11.8 Å². The molecule has 2 aliphatic rings. The maximum absolute atomic E-state index is 13.4. The molecular weight excluding hydrogens is 386 g/mol. The van der Waals surface area contributed by atoms with Crippen LogP contribution in [0, 0.1) is 11.3 Å². The fourth-order valence-corrected chi connectivity index (χ4v) is 4.96. The van der Waals surface area contributed by atoms with Gasteiger partial charge in [0, 0.05) is 43.5 Å². The molecule has 1 aromatic heterocycles. The molecule has 0 saturated carbocycles. The van der Waals surface area contributed by atoms with E-state index in [-0.39, 0.29) is 17.2 Å². The van der Waals surface area contributed by atoms with Crippen LogP contribution in [0.25, 0.3) is 0 Å². The fourth-order valence-electron chi connectivity index (χ4n) is 4.96. The summed E-state index contributed by atoms with van der Waals surface area (Å²) >= 11 is 0. The SMILES string of the molecule is CC1(C(=O)N2CCC[C@H](Cc3ccccn3)C2)CCN(C(=O)Cc2ccccc2)CC1. The number of benzene rings is 1. The number of hydrogen-bond acceptors (Lipinski definition) is 3. The van der Waals surface area contributed by atoms with Crippen LogP contribution >= 0.6 is 0 Å². The topological polar surface area (TPSA) is 53.5 Å². The van der Waals surface area contributed by atoms with Crippen molar-refractivity contribution in [3.63, 3.8) is 0 Å². The van der Waals surface area contributed by atoms with E-state index in [0.29, 0.717) is 25.4 Å². The van der Waals surface area contributed by atoms with E-state index in [1.54, 1.807) is 0 Å². The lowest BCUT2D eigenvalue weighted by atomic mass is 9.78. The van der Waals surface area contributed by atoms with Gasteiger partial charge in [-0.05, 0) is 55.7 Å². The number of aromatic nitrogens is 1. The molecule has 5 heteroatoms. The van der Waals surface area contributed by atoms with Crippen LogP contribution in [0.1, 0.15) is 43.9 Å². The maximum atomic E-state index is 13.4. The van der Waals surface area contributed by atoms with E-state index in [4.69, 9.17) is 0 Å². The standard InChI is InChI=1S/C26H33N3O2/c1-26(12-16-28(17-13-26)24(30)19-21-8-3-2-4-9-21)25(31)29-15-7-10-22(20-29)18-23-11-5-6-14-27-23/h2-6,8-9,11,14,22H,7,10,12-13,15-20H2,1H3/t22-/m1/s1. The van der Waals surface area contributed by atoms with E-state index < -0.39 is 0 Å². The van der Waals surface area contributed by atoms with E-state index in [0.717, 1.165) is 56.5 Å². The van der Waals surface area contributed by atoms with Crippen molar-refractivity contribution in [3.05, 3.63) is 66.0 Å². The van der Waals surface area contributed by atoms with Gasteiger partial charge in [0.15, 0.2) is 0 Å². The van der Waals surface area contributed by atoms with Crippen LogP contribution in [0.15, 0.2) is 54.7 Å². The van der Waals surface area contributed by atoms with Gasteiger partial charge in [0.1, 0.15) is 0 Å². The van der Waals surface area contributed by atoms with Crippen LogP contribution in [0.3, 0.4) is 0 Å². The molecule has 0 unspecified atom stereocenters. The molecule has 4 rings (SSSR count). The first kappa shape index (κ1) is 21.5. The Morgan fingerprint density at radius 1 is 1.00 bits per heavy atom. The minimum atomic E-state index is -0.365. The minimum Gasteiger partial charge on any atom is -0.342 e. The average Bonchev–Trinajstić information content (AvgIpc) is 2.80. The Balaban J connectivity index is 1.31. The lowest BCUT2D eigenvalue weighted by molar-refractivity contribution is -0.148. The number of nitrogens with zero attached hydrogens (tertiary/aromatic N) is 3. The zero-order chi connectivity index (χ0) is 21.7. The fraction of sp³-hybridized carbons (Fsp3) is 0.500. The number of likely N-dealkylation sites (tertiary alicyclic amines) is 2. The molecule has 31 heavy (non-hydrogen) atoms. The first-order valence-electron chi connectivity index (χ1n) is 11.5. The predicted octanol–water partition coefficient (Wildman–Crippen LogP) is 3.73. The minimum absolute atomic E-state index is 0.161. The van der Waals surface area contributed by atoms with Gasteiger partial charge in [0.05, 0.1) is 6.42 Å². The number of carbonyl (C=O) groups excluding carboxylic acids is 2. The molecule has 0 bridgehead atoms. The molecule has 2 aliphatic heterocycles. The van der Waals surface area contributed by atoms with Gasteiger partial charge < -0.3 is 9.80 Å². The smallest absolute Gasteiger partial charge is 0.228 e. The molecule has 0 aliphatic carbocycles. The quantitative estimate of drug-likeness (QED) is 0.742. The Labute approximate surface area is 185 Å². The van der Waals surface area contributed by atoms with Gasteiger partial charge in [-0.3, -0.25) is 14.6 Å². The summed E-state index contributed by atoms with van der Waals surface area (Å²) in [7, 11) is 0. The molecule has 1 aromatic carbocycles. The molecule has 164 valence electrons. The van der Waals surface area contributed by atoms with Crippen molar-refractivity contribution in [1.82, 2.24) is 14.8 Å². The monoisotopic (exact) mass is 419 g/mol. The van der Waals surface area contributed by atoms with Crippen LogP contribution < -0.4 is 0 Å². The molecule has 5 nitrogen and oxygen atoms in total. The summed E-state index contributed by atoms with van der Waals surface area (Å²) < 4.78 is 0. The molecular formula is C26H33N3O2. The summed E-state index contributed by atoms with van der Waals surface area (Å²) in [4.78, 5) is 34.6. The molecule has 2 saturated heterocycles. The molecule has 0 radical (unpaired) electrons. The highest BCUT2D eigenvalue weighted by Crippen LogP contribution is 2.35. The van der Waals surface area contributed by atoms with Crippen LogP contribution in [-0.2, 0) is 22.4 Å². The van der Waals surface area contributed by atoms with E-state index in [9.17, 15) is 9.59 Å². The molecule has 3 heterocycles. The van der Waals surface area contributed by atoms with Gasteiger partial charge in [-0.15, -0.1) is 0 Å². The Morgan fingerprint density at radius 2 is 1.74 bits per heavy atom. The molecule has 2 amide bonds. The molecule has 0 N–H and O–H groups in total. The second kappa shape index (κ2) is 9.63. The summed E-state index contributed by atoms with van der Waals surface area (Å²) in [6.45, 7) is 5.10. The largest absolute Gasteiger partial charge is 0.342 e.